The second-order valence-electron chi connectivity index (χ2n) is 4.23. The predicted octanol–water partition coefficient (Wildman–Crippen LogP) is 0.0924. The number of hydrogen-bond acceptors (Lipinski definition) is 3. The van der Waals surface area contributed by atoms with Crippen molar-refractivity contribution in [1.82, 2.24) is 15.5 Å². The van der Waals surface area contributed by atoms with E-state index in [9.17, 15) is 9.59 Å². The van der Waals surface area contributed by atoms with Crippen molar-refractivity contribution in [2.24, 2.45) is 0 Å². The molecule has 3 amide bonds. The van der Waals surface area contributed by atoms with Gasteiger partial charge in [0.2, 0.25) is 0 Å². The Kier molecular flexibility index (Phi) is 3.14. The number of rotatable bonds is 4. The van der Waals surface area contributed by atoms with Crippen LogP contribution in [0.15, 0.2) is 12.2 Å². The van der Waals surface area contributed by atoms with Gasteiger partial charge in [0.1, 0.15) is 5.54 Å². The standard InChI is InChI=1S/C10H17N3O2/c1-7(5-11-4)6-13-8(14)10(2,3)12-9(13)15/h11H,1,5-6H2,2-4H3,(H,12,15). The van der Waals surface area contributed by atoms with Gasteiger partial charge in [-0.2, -0.15) is 0 Å². The number of carbonyl (C=O) groups excluding carboxylic acids is 2. The summed E-state index contributed by atoms with van der Waals surface area (Å²) in [6.45, 7) is 8.03. The molecule has 0 bridgehead atoms. The summed E-state index contributed by atoms with van der Waals surface area (Å²) in [5, 5.41) is 5.54. The monoisotopic (exact) mass is 211 g/mol. The summed E-state index contributed by atoms with van der Waals surface area (Å²) >= 11 is 0. The van der Waals surface area contributed by atoms with Crippen LogP contribution in [0.5, 0.6) is 0 Å². The van der Waals surface area contributed by atoms with Crippen LogP contribution in [0, 0.1) is 0 Å². The summed E-state index contributed by atoms with van der Waals surface area (Å²) in [4.78, 5) is 24.4. The quantitative estimate of drug-likeness (QED) is 0.512. The van der Waals surface area contributed by atoms with Crippen LogP contribution in [0.25, 0.3) is 0 Å². The Morgan fingerprint density at radius 1 is 1.53 bits per heavy atom. The minimum Gasteiger partial charge on any atom is -0.324 e. The average Bonchev–Trinajstić information content (AvgIpc) is 2.28. The molecule has 0 radical (unpaired) electrons. The molecule has 0 aromatic rings. The van der Waals surface area contributed by atoms with Crippen molar-refractivity contribution in [3.63, 3.8) is 0 Å². The first kappa shape index (κ1) is 11.7. The van der Waals surface area contributed by atoms with Crippen molar-refractivity contribution in [1.29, 1.82) is 0 Å². The summed E-state index contributed by atoms with van der Waals surface area (Å²) in [6.07, 6.45) is 0. The Morgan fingerprint density at radius 2 is 2.13 bits per heavy atom. The van der Waals surface area contributed by atoms with Crippen LogP contribution in [-0.2, 0) is 4.79 Å². The number of nitrogens with zero attached hydrogens (tertiary/aromatic N) is 1. The normalized spacial score (nSPS) is 19.3. The van der Waals surface area contributed by atoms with E-state index in [1.165, 1.54) is 4.90 Å². The zero-order chi connectivity index (χ0) is 11.6. The number of amides is 3. The van der Waals surface area contributed by atoms with E-state index >= 15 is 0 Å². The summed E-state index contributed by atoms with van der Waals surface area (Å²) in [5.74, 6) is -0.204. The zero-order valence-electron chi connectivity index (χ0n) is 9.39. The fourth-order valence-electron chi connectivity index (χ4n) is 1.49. The third-order valence-corrected chi connectivity index (χ3v) is 2.25. The second kappa shape index (κ2) is 4.02. The van der Waals surface area contributed by atoms with Crippen LogP contribution in [-0.4, -0.2) is 42.5 Å². The van der Waals surface area contributed by atoms with Gasteiger partial charge in [-0.05, 0) is 26.5 Å². The first-order chi connectivity index (χ1) is 6.88. The van der Waals surface area contributed by atoms with Crippen LogP contribution in [0.1, 0.15) is 13.8 Å². The lowest BCUT2D eigenvalue weighted by Crippen LogP contribution is -2.40. The van der Waals surface area contributed by atoms with Gasteiger partial charge in [0.25, 0.3) is 5.91 Å². The number of carbonyl (C=O) groups is 2. The van der Waals surface area contributed by atoms with E-state index in [1.807, 2.05) is 0 Å². The molecular weight excluding hydrogens is 194 g/mol. The van der Waals surface area contributed by atoms with Gasteiger partial charge in [0.05, 0.1) is 6.54 Å². The molecule has 0 spiro atoms. The Morgan fingerprint density at radius 3 is 2.53 bits per heavy atom. The van der Waals surface area contributed by atoms with Gasteiger partial charge in [-0.1, -0.05) is 6.58 Å². The summed E-state index contributed by atoms with van der Waals surface area (Å²) in [5.41, 5.74) is 0.00972. The van der Waals surface area contributed by atoms with Gasteiger partial charge < -0.3 is 10.6 Å². The Bertz CT molecular complexity index is 310. The van der Waals surface area contributed by atoms with E-state index < -0.39 is 5.54 Å². The van der Waals surface area contributed by atoms with Crippen molar-refractivity contribution in [2.45, 2.75) is 19.4 Å². The van der Waals surface area contributed by atoms with Crippen molar-refractivity contribution in [3.05, 3.63) is 12.2 Å². The lowest BCUT2D eigenvalue weighted by Gasteiger charge is -2.16. The predicted molar refractivity (Wildman–Crippen MR) is 57.4 cm³/mol. The van der Waals surface area contributed by atoms with Gasteiger partial charge in [0, 0.05) is 6.54 Å². The van der Waals surface area contributed by atoms with Crippen LogP contribution in [0.3, 0.4) is 0 Å². The van der Waals surface area contributed by atoms with Crippen LogP contribution >= 0.6 is 0 Å². The summed E-state index contributed by atoms with van der Waals surface area (Å²) < 4.78 is 0. The highest BCUT2D eigenvalue weighted by molar-refractivity contribution is 6.06. The highest BCUT2D eigenvalue weighted by Crippen LogP contribution is 2.17. The molecule has 1 fully saturated rings. The smallest absolute Gasteiger partial charge is 0.324 e. The molecule has 5 heteroatoms. The largest absolute Gasteiger partial charge is 0.325 e. The zero-order valence-corrected chi connectivity index (χ0v) is 9.39. The maximum Gasteiger partial charge on any atom is 0.325 e. The second-order valence-corrected chi connectivity index (χ2v) is 4.23. The number of urea groups is 1. The van der Waals surface area contributed by atoms with Crippen LogP contribution < -0.4 is 10.6 Å². The Hall–Kier alpha value is -1.36. The fraction of sp³-hybridized carbons (Fsp3) is 0.600. The van der Waals surface area contributed by atoms with Crippen LogP contribution in [0.4, 0.5) is 4.79 Å². The lowest BCUT2D eigenvalue weighted by atomic mass is 10.1. The van der Waals surface area contributed by atoms with Crippen molar-refractivity contribution in [2.75, 3.05) is 20.1 Å². The minimum atomic E-state index is -0.795. The molecule has 0 aromatic heterocycles. The molecule has 84 valence electrons. The number of hydrogen-bond donors (Lipinski definition) is 2. The molecule has 0 saturated carbocycles. The molecule has 15 heavy (non-hydrogen) atoms. The molecule has 2 N–H and O–H groups in total. The van der Waals surface area contributed by atoms with E-state index in [1.54, 1.807) is 20.9 Å². The third kappa shape index (κ3) is 2.36. The minimum absolute atomic E-state index is 0.204. The first-order valence-electron chi connectivity index (χ1n) is 4.84. The fourth-order valence-corrected chi connectivity index (χ4v) is 1.49. The first-order valence-corrected chi connectivity index (χ1v) is 4.84. The molecule has 1 aliphatic heterocycles. The molecule has 0 aromatic carbocycles. The maximum absolute atomic E-state index is 11.8. The Balaban J connectivity index is 2.67. The highest BCUT2D eigenvalue weighted by atomic mass is 16.2. The lowest BCUT2D eigenvalue weighted by molar-refractivity contribution is -0.129. The van der Waals surface area contributed by atoms with E-state index in [4.69, 9.17) is 0 Å². The summed E-state index contributed by atoms with van der Waals surface area (Å²) in [7, 11) is 1.79. The molecule has 1 saturated heterocycles. The number of likely N-dealkylation sites (N-methyl/N-ethyl adjacent to an activating group) is 1. The van der Waals surface area contributed by atoms with Crippen LogP contribution in [0.2, 0.25) is 0 Å². The number of imide groups is 1. The summed E-state index contributed by atoms with van der Waals surface area (Å²) in [6, 6.07) is -0.345. The average molecular weight is 211 g/mol. The molecular formula is C10H17N3O2. The van der Waals surface area contributed by atoms with E-state index in [2.05, 4.69) is 17.2 Å². The molecule has 1 rings (SSSR count). The Labute approximate surface area is 89.5 Å². The number of nitrogens with one attached hydrogen (secondary N) is 2. The van der Waals surface area contributed by atoms with E-state index in [0.717, 1.165) is 5.57 Å². The van der Waals surface area contributed by atoms with Gasteiger partial charge >= 0.3 is 6.03 Å². The topological polar surface area (TPSA) is 61.4 Å². The molecule has 1 heterocycles. The SMILES string of the molecule is C=C(CNC)CN1C(=O)NC(C)(C)C1=O. The molecule has 1 aliphatic rings. The molecule has 0 atom stereocenters. The van der Waals surface area contributed by atoms with E-state index in [-0.39, 0.29) is 18.5 Å². The molecule has 0 aliphatic carbocycles. The highest BCUT2D eigenvalue weighted by Gasteiger charge is 2.43. The van der Waals surface area contributed by atoms with Crippen molar-refractivity contribution >= 4 is 11.9 Å². The van der Waals surface area contributed by atoms with Crippen molar-refractivity contribution in [3.8, 4) is 0 Å². The molecule has 5 nitrogen and oxygen atoms in total. The van der Waals surface area contributed by atoms with Gasteiger partial charge in [-0.25, -0.2) is 4.79 Å². The molecule has 0 unspecified atom stereocenters. The third-order valence-electron chi connectivity index (χ3n) is 2.25. The maximum atomic E-state index is 11.8. The van der Waals surface area contributed by atoms with Crippen molar-refractivity contribution < 1.29 is 9.59 Å². The van der Waals surface area contributed by atoms with E-state index in [0.29, 0.717) is 6.54 Å². The van der Waals surface area contributed by atoms with Gasteiger partial charge in [-0.3, -0.25) is 9.69 Å². The van der Waals surface area contributed by atoms with Gasteiger partial charge in [-0.15, -0.1) is 0 Å². The van der Waals surface area contributed by atoms with Gasteiger partial charge in [0.15, 0.2) is 0 Å².